The number of carbonyl (C=O) groups excluding carboxylic acids is 1. The maximum atomic E-state index is 12.8. The second kappa shape index (κ2) is 8.24. The average Bonchev–Trinajstić information content (AvgIpc) is 3.14. The van der Waals surface area contributed by atoms with Crippen molar-refractivity contribution >= 4 is 17.2 Å². The number of aromatic amines is 1. The third-order valence-electron chi connectivity index (χ3n) is 6.20. The van der Waals surface area contributed by atoms with Gasteiger partial charge in [0.15, 0.2) is 11.3 Å². The van der Waals surface area contributed by atoms with Crippen LogP contribution in [0.1, 0.15) is 29.2 Å². The molecule has 2 saturated heterocycles. The number of fused-ring (bicyclic) bond motifs is 1. The summed E-state index contributed by atoms with van der Waals surface area (Å²) in [6.07, 6.45) is 3.22. The molecule has 0 atom stereocenters. The van der Waals surface area contributed by atoms with Crippen LogP contribution in [0.2, 0.25) is 0 Å². The van der Waals surface area contributed by atoms with Crippen LogP contribution >= 0.6 is 0 Å². The molecule has 0 aliphatic carbocycles. The Morgan fingerprint density at radius 2 is 1.81 bits per heavy atom. The number of amides is 1. The average molecular weight is 422 g/mol. The summed E-state index contributed by atoms with van der Waals surface area (Å²) in [5, 5.41) is 0. The van der Waals surface area contributed by atoms with E-state index in [9.17, 15) is 9.59 Å². The van der Waals surface area contributed by atoms with E-state index in [-0.39, 0.29) is 17.6 Å². The number of H-pyrrole nitrogens is 1. The number of likely N-dealkylation sites (N-methyl/N-ethyl adjacent to an activating group) is 1. The van der Waals surface area contributed by atoms with Crippen molar-refractivity contribution in [3.63, 3.8) is 0 Å². The molecule has 9 nitrogen and oxygen atoms in total. The largest absolute Gasteiger partial charge is 0.381 e. The predicted molar refractivity (Wildman–Crippen MR) is 116 cm³/mol. The Balaban J connectivity index is 1.41. The van der Waals surface area contributed by atoms with E-state index in [0.29, 0.717) is 35.8 Å². The van der Waals surface area contributed by atoms with Gasteiger partial charge in [-0.05, 0) is 32.0 Å². The Labute approximate surface area is 179 Å². The molecule has 1 amide bonds. The molecule has 2 aliphatic rings. The molecule has 1 N–H and O–H groups in total. The molecule has 4 heterocycles. The molecule has 0 saturated carbocycles. The van der Waals surface area contributed by atoms with Crippen LogP contribution in [0.5, 0.6) is 0 Å². The normalized spacial score (nSPS) is 18.5. The van der Waals surface area contributed by atoms with E-state index in [1.807, 2.05) is 29.2 Å². The summed E-state index contributed by atoms with van der Waals surface area (Å²) in [7, 11) is 2.07. The quantitative estimate of drug-likeness (QED) is 0.688. The van der Waals surface area contributed by atoms with Crippen molar-refractivity contribution in [3.8, 4) is 11.3 Å². The maximum Gasteiger partial charge on any atom is 0.329 e. The number of aromatic nitrogens is 4. The van der Waals surface area contributed by atoms with Gasteiger partial charge in [-0.25, -0.2) is 14.8 Å². The fraction of sp³-hybridized carbons (Fsp3) is 0.455. The van der Waals surface area contributed by atoms with Gasteiger partial charge in [-0.1, -0.05) is 12.1 Å². The lowest BCUT2D eigenvalue weighted by Gasteiger charge is -2.32. The van der Waals surface area contributed by atoms with Crippen molar-refractivity contribution in [2.75, 3.05) is 46.4 Å². The molecule has 0 bridgehead atoms. The second-order valence-corrected chi connectivity index (χ2v) is 8.24. The first-order chi connectivity index (χ1) is 15.1. The topological polar surface area (TPSA) is 96.3 Å². The van der Waals surface area contributed by atoms with Crippen LogP contribution in [-0.2, 0) is 4.74 Å². The standard InChI is InChI=1S/C22H26N6O3/c1-26-8-10-27(11-9-26)21(29)16-4-2-15(3-5-16)18-14-23-19-20(24-18)28(22(30)25-19)17-6-12-31-13-7-17/h2-5,14,17H,6-13H2,1H3,(H,23,25,30). The lowest BCUT2D eigenvalue weighted by molar-refractivity contribution is 0.0664. The summed E-state index contributed by atoms with van der Waals surface area (Å²) in [6, 6.07) is 7.52. The molecular weight excluding hydrogens is 396 g/mol. The first-order valence-corrected chi connectivity index (χ1v) is 10.7. The summed E-state index contributed by atoms with van der Waals surface area (Å²) < 4.78 is 7.14. The highest BCUT2D eigenvalue weighted by Crippen LogP contribution is 2.24. The van der Waals surface area contributed by atoms with Gasteiger partial charge >= 0.3 is 5.69 Å². The van der Waals surface area contributed by atoms with E-state index >= 15 is 0 Å². The maximum absolute atomic E-state index is 12.8. The number of nitrogens with zero attached hydrogens (tertiary/aromatic N) is 5. The van der Waals surface area contributed by atoms with Gasteiger partial charge in [0.05, 0.1) is 11.9 Å². The summed E-state index contributed by atoms with van der Waals surface area (Å²) >= 11 is 0. The number of imidazole rings is 1. The van der Waals surface area contributed by atoms with Crippen molar-refractivity contribution in [2.45, 2.75) is 18.9 Å². The minimum absolute atomic E-state index is 0.0557. The van der Waals surface area contributed by atoms with Crippen molar-refractivity contribution in [1.29, 1.82) is 0 Å². The predicted octanol–water partition coefficient (Wildman–Crippen LogP) is 1.53. The molecule has 1 aromatic carbocycles. The fourth-order valence-electron chi connectivity index (χ4n) is 4.29. The summed E-state index contributed by atoms with van der Waals surface area (Å²) in [6.45, 7) is 4.56. The Morgan fingerprint density at radius 3 is 2.52 bits per heavy atom. The van der Waals surface area contributed by atoms with E-state index in [1.54, 1.807) is 10.8 Å². The van der Waals surface area contributed by atoms with Crippen LogP contribution in [0.25, 0.3) is 22.6 Å². The van der Waals surface area contributed by atoms with Crippen molar-refractivity contribution in [3.05, 3.63) is 46.5 Å². The molecule has 2 aromatic heterocycles. The Hall–Kier alpha value is -3.04. The molecule has 5 rings (SSSR count). The highest BCUT2D eigenvalue weighted by atomic mass is 16.5. The lowest BCUT2D eigenvalue weighted by Crippen LogP contribution is -2.47. The highest BCUT2D eigenvalue weighted by Gasteiger charge is 2.23. The lowest BCUT2D eigenvalue weighted by atomic mass is 10.1. The molecule has 9 heteroatoms. The Kier molecular flexibility index (Phi) is 5.29. The zero-order valence-corrected chi connectivity index (χ0v) is 17.6. The van der Waals surface area contributed by atoms with Gasteiger partial charge in [0.2, 0.25) is 0 Å². The zero-order valence-electron chi connectivity index (χ0n) is 17.6. The van der Waals surface area contributed by atoms with Crippen LogP contribution in [0.4, 0.5) is 0 Å². The number of hydrogen-bond acceptors (Lipinski definition) is 6. The molecule has 162 valence electrons. The van der Waals surface area contributed by atoms with E-state index in [1.165, 1.54) is 0 Å². The fourth-order valence-corrected chi connectivity index (χ4v) is 4.29. The minimum atomic E-state index is -0.188. The van der Waals surface area contributed by atoms with Gasteiger partial charge in [0.1, 0.15) is 0 Å². The molecule has 2 fully saturated rings. The first kappa shape index (κ1) is 19.9. The van der Waals surface area contributed by atoms with Crippen LogP contribution in [-0.4, -0.2) is 81.7 Å². The third-order valence-corrected chi connectivity index (χ3v) is 6.20. The van der Waals surface area contributed by atoms with Crippen LogP contribution in [0, 0.1) is 0 Å². The van der Waals surface area contributed by atoms with Gasteiger partial charge in [-0.3, -0.25) is 14.3 Å². The molecule has 3 aromatic rings. The summed E-state index contributed by atoms with van der Waals surface area (Å²) in [5.74, 6) is 0.0557. The van der Waals surface area contributed by atoms with Gasteiger partial charge in [-0.15, -0.1) is 0 Å². The third kappa shape index (κ3) is 3.86. The monoisotopic (exact) mass is 422 g/mol. The highest BCUT2D eigenvalue weighted by molar-refractivity contribution is 5.94. The van der Waals surface area contributed by atoms with E-state index in [2.05, 4.69) is 21.9 Å². The first-order valence-electron chi connectivity index (χ1n) is 10.7. The summed E-state index contributed by atoms with van der Waals surface area (Å²) in [5.41, 5.74) is 3.06. The minimum Gasteiger partial charge on any atom is -0.381 e. The number of nitrogens with one attached hydrogen (secondary N) is 1. The molecule has 0 spiro atoms. The number of rotatable bonds is 3. The molecule has 31 heavy (non-hydrogen) atoms. The van der Waals surface area contributed by atoms with E-state index in [0.717, 1.165) is 44.6 Å². The van der Waals surface area contributed by atoms with Gasteiger partial charge in [0, 0.05) is 56.6 Å². The number of piperazine rings is 1. The van der Waals surface area contributed by atoms with Gasteiger partial charge < -0.3 is 14.5 Å². The molecular formula is C22H26N6O3. The van der Waals surface area contributed by atoms with E-state index < -0.39 is 0 Å². The zero-order chi connectivity index (χ0) is 21.4. The van der Waals surface area contributed by atoms with Crippen LogP contribution < -0.4 is 5.69 Å². The van der Waals surface area contributed by atoms with Gasteiger partial charge in [-0.2, -0.15) is 0 Å². The van der Waals surface area contributed by atoms with Crippen molar-refractivity contribution < 1.29 is 9.53 Å². The Morgan fingerprint density at radius 1 is 1.10 bits per heavy atom. The SMILES string of the molecule is CN1CCN(C(=O)c2ccc(-c3cnc4[nH]c(=O)n(C5CCOCC5)c4n3)cc2)CC1. The van der Waals surface area contributed by atoms with Crippen LogP contribution in [0.3, 0.4) is 0 Å². The van der Waals surface area contributed by atoms with Gasteiger partial charge in [0.25, 0.3) is 5.91 Å². The summed E-state index contributed by atoms with van der Waals surface area (Å²) in [4.78, 5) is 41.4. The molecule has 0 radical (unpaired) electrons. The number of hydrogen-bond donors (Lipinski definition) is 1. The smallest absolute Gasteiger partial charge is 0.329 e. The second-order valence-electron chi connectivity index (χ2n) is 8.24. The Bertz CT molecular complexity index is 1140. The van der Waals surface area contributed by atoms with Crippen LogP contribution in [0.15, 0.2) is 35.3 Å². The number of carbonyl (C=O) groups is 1. The van der Waals surface area contributed by atoms with Crippen molar-refractivity contribution in [1.82, 2.24) is 29.3 Å². The number of ether oxygens (including phenoxy) is 1. The van der Waals surface area contributed by atoms with E-state index in [4.69, 9.17) is 9.72 Å². The van der Waals surface area contributed by atoms with Crippen molar-refractivity contribution in [2.24, 2.45) is 0 Å². The number of benzene rings is 1. The molecule has 0 unspecified atom stereocenters. The molecule has 2 aliphatic heterocycles.